The number of carbonyl (C=O) groups is 2. The zero-order valence-corrected chi connectivity index (χ0v) is 10.2. The molecule has 6 nitrogen and oxygen atoms in total. The van der Waals surface area contributed by atoms with Gasteiger partial charge < -0.3 is 16.4 Å². The Morgan fingerprint density at radius 3 is 2.78 bits per heavy atom. The molecule has 2 amide bonds. The van der Waals surface area contributed by atoms with E-state index >= 15 is 0 Å². The molecule has 0 saturated carbocycles. The first-order chi connectivity index (χ1) is 8.68. The van der Waals surface area contributed by atoms with Gasteiger partial charge in [-0.3, -0.25) is 9.59 Å². The Labute approximate surface area is 106 Å². The van der Waals surface area contributed by atoms with Crippen LogP contribution in [0.5, 0.6) is 0 Å². The molecule has 0 spiro atoms. The lowest BCUT2D eigenvalue weighted by atomic mass is 10.2. The molecule has 98 valence electrons. The number of rotatable bonds is 8. The summed E-state index contributed by atoms with van der Waals surface area (Å²) in [6.07, 6.45) is 3.74. The normalized spacial score (nSPS) is 9.78. The lowest BCUT2D eigenvalue weighted by molar-refractivity contribution is -0.124. The van der Waals surface area contributed by atoms with E-state index in [4.69, 9.17) is 5.73 Å². The lowest BCUT2D eigenvalue weighted by Gasteiger charge is -2.05. The second kappa shape index (κ2) is 8.05. The highest BCUT2D eigenvalue weighted by molar-refractivity contribution is 5.83. The van der Waals surface area contributed by atoms with Crippen LogP contribution in [0.1, 0.15) is 19.3 Å². The van der Waals surface area contributed by atoms with Crippen LogP contribution in [0.15, 0.2) is 24.4 Å². The molecular weight excluding hydrogens is 232 g/mol. The van der Waals surface area contributed by atoms with Gasteiger partial charge in [-0.1, -0.05) is 6.07 Å². The summed E-state index contributed by atoms with van der Waals surface area (Å²) in [6.45, 7) is 0.672. The third kappa shape index (κ3) is 6.47. The van der Waals surface area contributed by atoms with Crippen molar-refractivity contribution in [2.24, 2.45) is 5.73 Å². The van der Waals surface area contributed by atoms with Gasteiger partial charge in [0.05, 0.1) is 6.54 Å². The Bertz CT molecular complexity index is 381. The highest BCUT2D eigenvalue weighted by atomic mass is 16.2. The molecule has 6 heteroatoms. The van der Waals surface area contributed by atoms with E-state index in [9.17, 15) is 9.59 Å². The molecule has 1 aromatic rings. The fourth-order valence-corrected chi connectivity index (χ4v) is 1.37. The van der Waals surface area contributed by atoms with Crippen molar-refractivity contribution in [2.45, 2.75) is 19.3 Å². The molecule has 0 unspecified atom stereocenters. The van der Waals surface area contributed by atoms with Crippen LogP contribution in [0.3, 0.4) is 0 Å². The maximum Gasteiger partial charge on any atom is 0.236 e. The first-order valence-corrected chi connectivity index (χ1v) is 5.88. The summed E-state index contributed by atoms with van der Waals surface area (Å²) in [5.74, 6) is 0.155. The molecule has 4 N–H and O–H groups in total. The molecule has 0 aliphatic carbocycles. The average molecular weight is 250 g/mol. The van der Waals surface area contributed by atoms with E-state index in [0.29, 0.717) is 6.42 Å². The summed E-state index contributed by atoms with van der Waals surface area (Å²) in [7, 11) is 0. The Morgan fingerprint density at radius 1 is 1.28 bits per heavy atom. The zero-order valence-electron chi connectivity index (χ0n) is 10.2. The van der Waals surface area contributed by atoms with Crippen LogP contribution in [0, 0.1) is 0 Å². The van der Waals surface area contributed by atoms with Crippen molar-refractivity contribution in [2.75, 3.05) is 18.4 Å². The van der Waals surface area contributed by atoms with Gasteiger partial charge >= 0.3 is 0 Å². The van der Waals surface area contributed by atoms with Gasteiger partial charge in [-0.25, -0.2) is 4.98 Å². The SMILES string of the molecule is NC(=O)CNC(=O)CCCCNc1ccccn1. The van der Waals surface area contributed by atoms with Crippen molar-refractivity contribution < 1.29 is 9.59 Å². The Morgan fingerprint density at radius 2 is 2.11 bits per heavy atom. The van der Waals surface area contributed by atoms with E-state index in [-0.39, 0.29) is 12.5 Å². The number of amides is 2. The number of nitrogens with zero attached hydrogens (tertiary/aromatic N) is 1. The first kappa shape index (κ1) is 14.0. The Balaban J connectivity index is 2.02. The number of anilines is 1. The van der Waals surface area contributed by atoms with Crippen LogP contribution in [0.25, 0.3) is 0 Å². The Kier molecular flexibility index (Phi) is 6.24. The van der Waals surface area contributed by atoms with Crippen molar-refractivity contribution in [3.8, 4) is 0 Å². The molecule has 1 aromatic heterocycles. The fraction of sp³-hybridized carbons (Fsp3) is 0.417. The molecule has 0 aliphatic rings. The highest BCUT2D eigenvalue weighted by Crippen LogP contribution is 2.01. The highest BCUT2D eigenvalue weighted by Gasteiger charge is 2.02. The molecule has 0 fully saturated rings. The predicted molar refractivity (Wildman–Crippen MR) is 68.8 cm³/mol. The standard InChI is InChI=1S/C12H18N4O2/c13-10(17)9-16-12(18)6-2-4-8-15-11-5-1-3-7-14-11/h1,3,5,7H,2,4,6,8-9H2,(H2,13,17)(H,14,15)(H,16,18). The second-order valence-electron chi connectivity index (χ2n) is 3.84. The minimum absolute atomic E-state index is 0.0922. The second-order valence-corrected chi connectivity index (χ2v) is 3.84. The van der Waals surface area contributed by atoms with Gasteiger partial charge in [0.25, 0.3) is 0 Å². The molecular formula is C12H18N4O2. The lowest BCUT2D eigenvalue weighted by Crippen LogP contribution is -2.33. The molecule has 0 aromatic carbocycles. The zero-order chi connectivity index (χ0) is 13.2. The molecule has 0 radical (unpaired) electrons. The predicted octanol–water partition coefficient (Wildman–Crippen LogP) is 0.265. The average Bonchev–Trinajstić information content (AvgIpc) is 2.37. The molecule has 1 rings (SSSR count). The van der Waals surface area contributed by atoms with E-state index < -0.39 is 5.91 Å². The fourth-order valence-electron chi connectivity index (χ4n) is 1.37. The quantitative estimate of drug-likeness (QED) is 0.577. The van der Waals surface area contributed by atoms with E-state index in [1.54, 1.807) is 6.20 Å². The van der Waals surface area contributed by atoms with Crippen molar-refractivity contribution >= 4 is 17.6 Å². The maximum absolute atomic E-state index is 11.2. The monoisotopic (exact) mass is 250 g/mol. The van der Waals surface area contributed by atoms with Gasteiger partial charge in [0, 0.05) is 19.2 Å². The first-order valence-electron chi connectivity index (χ1n) is 5.88. The minimum Gasteiger partial charge on any atom is -0.370 e. The van der Waals surface area contributed by atoms with Crippen LogP contribution in [0.2, 0.25) is 0 Å². The number of primary amides is 1. The molecule has 0 bridgehead atoms. The Hall–Kier alpha value is -2.11. The van der Waals surface area contributed by atoms with Gasteiger partial charge in [0.2, 0.25) is 11.8 Å². The summed E-state index contributed by atoms with van der Waals surface area (Å²) in [5, 5.41) is 5.60. The van der Waals surface area contributed by atoms with Crippen LogP contribution in [-0.2, 0) is 9.59 Å². The number of hydrogen-bond acceptors (Lipinski definition) is 4. The topological polar surface area (TPSA) is 97.1 Å². The van der Waals surface area contributed by atoms with Crippen LogP contribution < -0.4 is 16.4 Å². The maximum atomic E-state index is 11.2. The van der Waals surface area contributed by atoms with E-state index in [1.807, 2.05) is 18.2 Å². The third-order valence-corrected chi connectivity index (χ3v) is 2.26. The van der Waals surface area contributed by atoms with Crippen molar-refractivity contribution in [1.82, 2.24) is 10.3 Å². The minimum atomic E-state index is -0.528. The van der Waals surface area contributed by atoms with Gasteiger partial charge in [-0.15, -0.1) is 0 Å². The number of carbonyl (C=O) groups excluding carboxylic acids is 2. The third-order valence-electron chi connectivity index (χ3n) is 2.26. The summed E-state index contributed by atoms with van der Waals surface area (Å²) in [5.41, 5.74) is 4.91. The number of pyridine rings is 1. The van der Waals surface area contributed by atoms with Crippen molar-refractivity contribution in [3.05, 3.63) is 24.4 Å². The molecule has 1 heterocycles. The van der Waals surface area contributed by atoms with Crippen LogP contribution >= 0.6 is 0 Å². The molecule has 0 saturated heterocycles. The number of unbranched alkanes of at least 4 members (excludes halogenated alkanes) is 1. The van der Waals surface area contributed by atoms with Crippen molar-refractivity contribution in [1.29, 1.82) is 0 Å². The van der Waals surface area contributed by atoms with E-state index in [0.717, 1.165) is 25.2 Å². The van der Waals surface area contributed by atoms with E-state index in [1.165, 1.54) is 0 Å². The molecule has 18 heavy (non-hydrogen) atoms. The van der Waals surface area contributed by atoms with Gasteiger partial charge in [-0.2, -0.15) is 0 Å². The van der Waals surface area contributed by atoms with Crippen LogP contribution in [0.4, 0.5) is 5.82 Å². The van der Waals surface area contributed by atoms with Gasteiger partial charge in [0.15, 0.2) is 0 Å². The number of nitrogens with one attached hydrogen (secondary N) is 2. The number of aromatic nitrogens is 1. The van der Waals surface area contributed by atoms with Gasteiger partial charge in [-0.05, 0) is 25.0 Å². The molecule has 0 aliphatic heterocycles. The number of hydrogen-bond donors (Lipinski definition) is 3. The summed E-state index contributed by atoms with van der Waals surface area (Å²) in [4.78, 5) is 25.8. The summed E-state index contributed by atoms with van der Waals surface area (Å²) in [6, 6.07) is 5.65. The summed E-state index contributed by atoms with van der Waals surface area (Å²) < 4.78 is 0. The van der Waals surface area contributed by atoms with Gasteiger partial charge in [0.1, 0.15) is 5.82 Å². The van der Waals surface area contributed by atoms with Crippen molar-refractivity contribution in [3.63, 3.8) is 0 Å². The van der Waals surface area contributed by atoms with E-state index in [2.05, 4.69) is 15.6 Å². The number of nitrogens with two attached hydrogens (primary N) is 1. The summed E-state index contributed by atoms with van der Waals surface area (Å²) >= 11 is 0. The largest absolute Gasteiger partial charge is 0.370 e. The van der Waals surface area contributed by atoms with Crippen LogP contribution in [-0.4, -0.2) is 29.9 Å². The smallest absolute Gasteiger partial charge is 0.236 e. The molecule has 0 atom stereocenters.